The molecular weight excluding hydrogens is 296 g/mol. The highest BCUT2D eigenvalue weighted by molar-refractivity contribution is 5.85. The van der Waals surface area contributed by atoms with Crippen LogP contribution in [0, 0.1) is 11.8 Å². The number of hydrogen-bond donors (Lipinski definition) is 2. The molecule has 0 bridgehead atoms. The molecule has 0 aromatic rings. The molecule has 1 unspecified atom stereocenters. The molecule has 2 rings (SSSR count). The molecule has 0 radical (unpaired) electrons. The Morgan fingerprint density at radius 3 is 2.35 bits per heavy atom. The number of amides is 2. The van der Waals surface area contributed by atoms with Crippen LogP contribution >= 0.6 is 0 Å². The summed E-state index contributed by atoms with van der Waals surface area (Å²) in [5.41, 5.74) is 0. The highest BCUT2D eigenvalue weighted by Crippen LogP contribution is 2.28. The molecule has 2 fully saturated rings. The van der Waals surface area contributed by atoms with E-state index in [9.17, 15) is 14.4 Å². The number of nitrogens with one attached hydrogen (secondary N) is 1. The number of carboxylic acid groups (broad SMARTS) is 1. The summed E-state index contributed by atoms with van der Waals surface area (Å²) >= 11 is 0. The predicted octanol–water partition coefficient (Wildman–Crippen LogP) is 1.78. The Balaban J connectivity index is 1.74. The first kappa shape index (κ1) is 17.8. The fourth-order valence-corrected chi connectivity index (χ4v) is 3.22. The SMILES string of the molecule is CC(CN(C(=O)CNC(=O)CC1CCCCC1)C1CC1)C(=O)O. The molecule has 2 N–H and O–H groups in total. The summed E-state index contributed by atoms with van der Waals surface area (Å²) in [5.74, 6) is -1.27. The van der Waals surface area contributed by atoms with Crippen molar-refractivity contribution in [2.24, 2.45) is 11.8 Å². The molecule has 0 aliphatic heterocycles. The molecular formula is C17H28N2O4. The Morgan fingerprint density at radius 2 is 1.78 bits per heavy atom. The van der Waals surface area contributed by atoms with Crippen LogP contribution in [0.5, 0.6) is 0 Å². The first-order valence-electron chi connectivity index (χ1n) is 8.76. The highest BCUT2D eigenvalue weighted by Gasteiger charge is 2.34. The Morgan fingerprint density at radius 1 is 1.13 bits per heavy atom. The molecule has 2 aliphatic rings. The normalized spacial score (nSPS) is 19.9. The van der Waals surface area contributed by atoms with E-state index in [-0.39, 0.29) is 30.9 Å². The standard InChI is InChI=1S/C17H28N2O4/c1-12(17(22)23)11-19(14-7-8-14)16(21)10-18-15(20)9-13-5-3-2-4-6-13/h12-14H,2-11H2,1H3,(H,18,20)(H,22,23). The number of carbonyl (C=O) groups is 3. The number of carboxylic acids is 1. The van der Waals surface area contributed by atoms with E-state index in [2.05, 4.69) is 5.32 Å². The van der Waals surface area contributed by atoms with Gasteiger partial charge in [-0.3, -0.25) is 14.4 Å². The molecule has 0 heterocycles. The van der Waals surface area contributed by atoms with Gasteiger partial charge >= 0.3 is 5.97 Å². The predicted molar refractivity (Wildman–Crippen MR) is 85.7 cm³/mol. The summed E-state index contributed by atoms with van der Waals surface area (Å²) < 4.78 is 0. The van der Waals surface area contributed by atoms with E-state index in [1.165, 1.54) is 19.3 Å². The lowest BCUT2D eigenvalue weighted by Gasteiger charge is -2.25. The first-order chi connectivity index (χ1) is 11.0. The topological polar surface area (TPSA) is 86.7 Å². The lowest BCUT2D eigenvalue weighted by Crippen LogP contribution is -2.44. The number of aliphatic carboxylic acids is 1. The second kappa shape index (κ2) is 8.31. The molecule has 130 valence electrons. The Bertz CT molecular complexity index is 442. The van der Waals surface area contributed by atoms with Crippen LogP contribution in [0.2, 0.25) is 0 Å². The van der Waals surface area contributed by atoms with Crippen LogP contribution in [0.25, 0.3) is 0 Å². The van der Waals surface area contributed by atoms with Gasteiger partial charge in [0.1, 0.15) is 0 Å². The fourth-order valence-electron chi connectivity index (χ4n) is 3.22. The van der Waals surface area contributed by atoms with Gasteiger partial charge in [0.25, 0.3) is 0 Å². The van der Waals surface area contributed by atoms with Crippen LogP contribution < -0.4 is 5.32 Å². The van der Waals surface area contributed by atoms with Gasteiger partial charge in [-0.25, -0.2) is 0 Å². The van der Waals surface area contributed by atoms with Crippen molar-refractivity contribution in [2.45, 2.75) is 64.3 Å². The average molecular weight is 324 g/mol. The molecule has 23 heavy (non-hydrogen) atoms. The van der Waals surface area contributed by atoms with Crippen molar-refractivity contribution in [1.29, 1.82) is 0 Å². The van der Waals surface area contributed by atoms with Gasteiger partial charge in [0.2, 0.25) is 11.8 Å². The van der Waals surface area contributed by atoms with Crippen LogP contribution in [0.15, 0.2) is 0 Å². The second-order valence-corrected chi connectivity index (χ2v) is 7.00. The molecule has 2 amide bonds. The van der Waals surface area contributed by atoms with E-state index in [0.29, 0.717) is 12.3 Å². The second-order valence-electron chi connectivity index (χ2n) is 7.00. The van der Waals surface area contributed by atoms with Crippen LogP contribution in [0.3, 0.4) is 0 Å². The minimum absolute atomic E-state index is 0.0195. The third-order valence-electron chi connectivity index (χ3n) is 4.84. The smallest absolute Gasteiger partial charge is 0.308 e. The van der Waals surface area contributed by atoms with Gasteiger partial charge in [-0.2, -0.15) is 0 Å². The van der Waals surface area contributed by atoms with Crippen LogP contribution in [-0.4, -0.2) is 46.9 Å². The largest absolute Gasteiger partial charge is 0.481 e. The van der Waals surface area contributed by atoms with Gasteiger partial charge in [-0.1, -0.05) is 26.2 Å². The summed E-state index contributed by atoms with van der Waals surface area (Å²) in [7, 11) is 0. The first-order valence-corrected chi connectivity index (χ1v) is 8.76. The van der Waals surface area contributed by atoms with Gasteiger partial charge in [0, 0.05) is 19.0 Å². The van der Waals surface area contributed by atoms with Gasteiger partial charge in [0.15, 0.2) is 0 Å². The quantitative estimate of drug-likeness (QED) is 0.712. The number of nitrogens with zero attached hydrogens (tertiary/aromatic N) is 1. The summed E-state index contributed by atoms with van der Waals surface area (Å²) in [6.07, 6.45) is 8.20. The van der Waals surface area contributed by atoms with Crippen molar-refractivity contribution in [2.75, 3.05) is 13.1 Å². The maximum Gasteiger partial charge on any atom is 0.308 e. The summed E-state index contributed by atoms with van der Waals surface area (Å²) in [5, 5.41) is 11.7. The average Bonchev–Trinajstić information content (AvgIpc) is 3.35. The van der Waals surface area contributed by atoms with Gasteiger partial charge in [0.05, 0.1) is 12.5 Å². The third kappa shape index (κ3) is 5.84. The minimum Gasteiger partial charge on any atom is -0.481 e. The summed E-state index contributed by atoms with van der Waals surface area (Å²) in [6.45, 7) is 1.80. The van der Waals surface area contributed by atoms with Crippen LogP contribution in [0.1, 0.15) is 58.3 Å². The van der Waals surface area contributed by atoms with E-state index >= 15 is 0 Å². The highest BCUT2D eigenvalue weighted by atomic mass is 16.4. The summed E-state index contributed by atoms with van der Waals surface area (Å²) in [4.78, 5) is 36.9. The monoisotopic (exact) mass is 324 g/mol. The zero-order chi connectivity index (χ0) is 16.8. The molecule has 0 spiro atoms. The maximum atomic E-state index is 12.3. The summed E-state index contributed by atoms with van der Waals surface area (Å²) in [6, 6.07) is 0.152. The Hall–Kier alpha value is -1.59. The third-order valence-corrected chi connectivity index (χ3v) is 4.84. The molecule has 0 aromatic carbocycles. The van der Waals surface area contributed by atoms with Gasteiger partial charge in [-0.05, 0) is 31.6 Å². The van der Waals surface area contributed by atoms with Crippen molar-refractivity contribution < 1.29 is 19.5 Å². The molecule has 1 atom stereocenters. The van der Waals surface area contributed by atoms with Crippen molar-refractivity contribution in [3.8, 4) is 0 Å². The van der Waals surface area contributed by atoms with E-state index in [1.807, 2.05) is 0 Å². The molecule has 0 saturated heterocycles. The minimum atomic E-state index is -0.898. The Labute approximate surface area is 137 Å². The lowest BCUT2D eigenvalue weighted by atomic mass is 9.87. The molecule has 0 aromatic heterocycles. The maximum absolute atomic E-state index is 12.3. The van der Waals surface area contributed by atoms with Crippen molar-refractivity contribution >= 4 is 17.8 Å². The zero-order valence-corrected chi connectivity index (χ0v) is 13.9. The van der Waals surface area contributed by atoms with E-state index in [4.69, 9.17) is 5.11 Å². The number of carbonyl (C=O) groups excluding carboxylic acids is 2. The van der Waals surface area contributed by atoms with Crippen molar-refractivity contribution in [3.63, 3.8) is 0 Å². The molecule has 2 saturated carbocycles. The molecule has 2 aliphatic carbocycles. The molecule has 6 heteroatoms. The van der Waals surface area contributed by atoms with Crippen LogP contribution in [0.4, 0.5) is 0 Å². The Kier molecular flexibility index (Phi) is 6.42. The fraction of sp³-hybridized carbons (Fsp3) is 0.824. The zero-order valence-electron chi connectivity index (χ0n) is 13.9. The lowest BCUT2D eigenvalue weighted by molar-refractivity contribution is -0.143. The van der Waals surface area contributed by atoms with E-state index < -0.39 is 11.9 Å². The van der Waals surface area contributed by atoms with E-state index in [1.54, 1.807) is 11.8 Å². The van der Waals surface area contributed by atoms with Crippen molar-refractivity contribution in [1.82, 2.24) is 10.2 Å². The van der Waals surface area contributed by atoms with Crippen LogP contribution in [-0.2, 0) is 14.4 Å². The number of hydrogen-bond acceptors (Lipinski definition) is 3. The molecule has 6 nitrogen and oxygen atoms in total. The number of rotatable bonds is 8. The van der Waals surface area contributed by atoms with E-state index in [0.717, 1.165) is 25.7 Å². The van der Waals surface area contributed by atoms with Gasteiger partial charge in [-0.15, -0.1) is 0 Å². The van der Waals surface area contributed by atoms with Crippen molar-refractivity contribution in [3.05, 3.63) is 0 Å². The van der Waals surface area contributed by atoms with Gasteiger partial charge < -0.3 is 15.3 Å².